The molecule has 2 aromatic rings. The second kappa shape index (κ2) is 5.82. The van der Waals surface area contributed by atoms with Crippen molar-refractivity contribution in [1.82, 2.24) is 20.0 Å². The van der Waals surface area contributed by atoms with Crippen LogP contribution >= 0.6 is 0 Å². The molecule has 0 atom stereocenters. The minimum absolute atomic E-state index is 0.302. The first-order valence-corrected chi connectivity index (χ1v) is 6.37. The van der Waals surface area contributed by atoms with Crippen LogP contribution in [0.2, 0.25) is 0 Å². The Morgan fingerprint density at radius 3 is 2.94 bits per heavy atom. The zero-order valence-corrected chi connectivity index (χ0v) is 11.2. The molecular weight excluding hydrogens is 228 g/mol. The van der Waals surface area contributed by atoms with Crippen LogP contribution in [0.15, 0.2) is 23.0 Å². The third-order valence-electron chi connectivity index (χ3n) is 2.71. The highest BCUT2D eigenvalue weighted by Crippen LogP contribution is 2.11. The molecule has 2 rings (SSSR count). The largest absolute Gasteiger partial charge is 0.345 e. The van der Waals surface area contributed by atoms with Crippen molar-refractivity contribution in [2.24, 2.45) is 0 Å². The molecule has 1 N–H and O–H groups in total. The molecule has 5 nitrogen and oxygen atoms in total. The maximum absolute atomic E-state index is 5.22. The standard InChI is InChI=1S/C13H20N4O/c1-4-14-7-11-5-6-17(8-11)9-12-15-13(10(2)3)16-18-12/h5-6,8,10,14H,4,7,9H2,1-3H3. The third kappa shape index (κ3) is 3.20. The highest BCUT2D eigenvalue weighted by molar-refractivity contribution is 5.10. The lowest BCUT2D eigenvalue weighted by molar-refractivity contribution is 0.364. The summed E-state index contributed by atoms with van der Waals surface area (Å²) in [5.74, 6) is 1.73. The molecule has 0 amide bonds. The Kier molecular flexibility index (Phi) is 4.15. The van der Waals surface area contributed by atoms with Crippen LogP contribution in [0.3, 0.4) is 0 Å². The van der Waals surface area contributed by atoms with Crippen molar-refractivity contribution < 1.29 is 4.52 Å². The van der Waals surface area contributed by atoms with Crippen molar-refractivity contribution in [1.29, 1.82) is 0 Å². The van der Waals surface area contributed by atoms with E-state index in [2.05, 4.69) is 53.1 Å². The second-order valence-electron chi connectivity index (χ2n) is 4.67. The molecule has 0 unspecified atom stereocenters. The lowest BCUT2D eigenvalue weighted by Gasteiger charge is -1.98. The van der Waals surface area contributed by atoms with Crippen LogP contribution in [0, 0.1) is 0 Å². The lowest BCUT2D eigenvalue weighted by Crippen LogP contribution is -2.11. The van der Waals surface area contributed by atoms with Crippen LogP contribution in [0.1, 0.15) is 44.0 Å². The summed E-state index contributed by atoms with van der Waals surface area (Å²) >= 11 is 0. The molecule has 0 aliphatic heterocycles. The molecule has 2 aromatic heterocycles. The topological polar surface area (TPSA) is 55.9 Å². The number of nitrogens with zero attached hydrogens (tertiary/aromatic N) is 3. The summed E-state index contributed by atoms with van der Waals surface area (Å²) in [6.45, 7) is 8.71. The molecule has 5 heteroatoms. The molecule has 0 saturated carbocycles. The zero-order chi connectivity index (χ0) is 13.0. The van der Waals surface area contributed by atoms with Gasteiger partial charge in [0.25, 0.3) is 0 Å². The number of rotatable bonds is 6. The van der Waals surface area contributed by atoms with Gasteiger partial charge in [-0.1, -0.05) is 25.9 Å². The van der Waals surface area contributed by atoms with E-state index < -0.39 is 0 Å². The van der Waals surface area contributed by atoms with Crippen molar-refractivity contribution >= 4 is 0 Å². The average Bonchev–Trinajstić information content (AvgIpc) is 2.96. The Balaban J connectivity index is 1.97. The molecule has 0 aliphatic carbocycles. The predicted molar refractivity (Wildman–Crippen MR) is 69.3 cm³/mol. The fraction of sp³-hybridized carbons (Fsp3) is 0.538. The minimum atomic E-state index is 0.302. The first-order valence-electron chi connectivity index (χ1n) is 6.37. The monoisotopic (exact) mass is 248 g/mol. The van der Waals surface area contributed by atoms with E-state index in [9.17, 15) is 0 Å². The maximum Gasteiger partial charge on any atom is 0.246 e. The van der Waals surface area contributed by atoms with E-state index in [-0.39, 0.29) is 0 Å². The maximum atomic E-state index is 5.22. The number of hydrogen-bond donors (Lipinski definition) is 1. The summed E-state index contributed by atoms with van der Waals surface area (Å²) in [5, 5.41) is 7.25. The molecule has 0 aliphatic rings. The van der Waals surface area contributed by atoms with Crippen molar-refractivity contribution in [3.8, 4) is 0 Å². The van der Waals surface area contributed by atoms with Gasteiger partial charge in [-0.05, 0) is 18.2 Å². The van der Waals surface area contributed by atoms with Gasteiger partial charge >= 0.3 is 0 Å². The molecule has 0 spiro atoms. The van der Waals surface area contributed by atoms with Crippen molar-refractivity contribution in [3.63, 3.8) is 0 Å². The summed E-state index contributed by atoms with van der Waals surface area (Å²) in [5.41, 5.74) is 1.26. The first-order chi connectivity index (χ1) is 8.69. The third-order valence-corrected chi connectivity index (χ3v) is 2.71. The molecule has 2 heterocycles. The van der Waals surface area contributed by atoms with E-state index in [1.54, 1.807) is 0 Å². The Labute approximate surface area is 107 Å². The van der Waals surface area contributed by atoms with Gasteiger partial charge in [0.1, 0.15) is 6.54 Å². The van der Waals surface area contributed by atoms with Gasteiger partial charge in [-0.25, -0.2) is 0 Å². The summed E-state index contributed by atoms with van der Waals surface area (Å²) in [6, 6.07) is 2.10. The van der Waals surface area contributed by atoms with Gasteiger partial charge in [0.15, 0.2) is 5.82 Å². The average molecular weight is 248 g/mol. The summed E-state index contributed by atoms with van der Waals surface area (Å²) in [7, 11) is 0. The normalized spacial score (nSPS) is 11.3. The molecule has 0 radical (unpaired) electrons. The molecule has 18 heavy (non-hydrogen) atoms. The van der Waals surface area contributed by atoms with E-state index in [4.69, 9.17) is 4.52 Å². The zero-order valence-electron chi connectivity index (χ0n) is 11.2. The van der Waals surface area contributed by atoms with Gasteiger partial charge in [0.2, 0.25) is 5.89 Å². The lowest BCUT2D eigenvalue weighted by atomic mass is 10.2. The Morgan fingerprint density at radius 1 is 1.44 bits per heavy atom. The molecular formula is C13H20N4O. The number of aromatic nitrogens is 3. The Bertz CT molecular complexity index is 487. The predicted octanol–water partition coefficient (Wildman–Crippen LogP) is 2.15. The summed E-state index contributed by atoms with van der Waals surface area (Å²) < 4.78 is 7.28. The highest BCUT2D eigenvalue weighted by atomic mass is 16.5. The summed E-state index contributed by atoms with van der Waals surface area (Å²) in [6.07, 6.45) is 4.13. The number of hydrogen-bond acceptors (Lipinski definition) is 4. The van der Waals surface area contributed by atoms with Gasteiger partial charge in [-0.2, -0.15) is 4.98 Å². The van der Waals surface area contributed by atoms with Crippen LogP contribution in [0.5, 0.6) is 0 Å². The molecule has 0 fully saturated rings. The fourth-order valence-corrected chi connectivity index (χ4v) is 1.69. The minimum Gasteiger partial charge on any atom is -0.345 e. The van der Waals surface area contributed by atoms with Gasteiger partial charge < -0.3 is 14.4 Å². The van der Waals surface area contributed by atoms with Crippen LogP contribution in [-0.4, -0.2) is 21.3 Å². The van der Waals surface area contributed by atoms with E-state index in [0.717, 1.165) is 18.9 Å². The van der Waals surface area contributed by atoms with E-state index >= 15 is 0 Å². The van der Waals surface area contributed by atoms with Gasteiger partial charge in [0.05, 0.1) is 0 Å². The van der Waals surface area contributed by atoms with Gasteiger partial charge in [-0.15, -0.1) is 0 Å². The highest BCUT2D eigenvalue weighted by Gasteiger charge is 2.09. The molecule has 0 saturated heterocycles. The van der Waals surface area contributed by atoms with Crippen molar-refractivity contribution in [2.75, 3.05) is 6.54 Å². The van der Waals surface area contributed by atoms with E-state index in [1.807, 2.05) is 6.20 Å². The Hall–Kier alpha value is -1.62. The van der Waals surface area contributed by atoms with Gasteiger partial charge in [-0.3, -0.25) is 0 Å². The van der Waals surface area contributed by atoms with Crippen LogP contribution in [-0.2, 0) is 13.1 Å². The smallest absolute Gasteiger partial charge is 0.246 e. The molecule has 98 valence electrons. The van der Waals surface area contributed by atoms with Gasteiger partial charge in [0, 0.05) is 24.9 Å². The molecule has 0 bridgehead atoms. The molecule has 0 aromatic carbocycles. The Morgan fingerprint density at radius 2 is 2.28 bits per heavy atom. The summed E-state index contributed by atoms with van der Waals surface area (Å²) in [4.78, 5) is 4.36. The fourth-order valence-electron chi connectivity index (χ4n) is 1.69. The number of nitrogens with one attached hydrogen (secondary N) is 1. The second-order valence-corrected chi connectivity index (χ2v) is 4.67. The SMILES string of the molecule is CCNCc1ccn(Cc2nc(C(C)C)no2)c1. The van der Waals surface area contributed by atoms with E-state index in [1.165, 1.54) is 5.56 Å². The van der Waals surface area contributed by atoms with Crippen LogP contribution in [0.25, 0.3) is 0 Å². The van der Waals surface area contributed by atoms with E-state index in [0.29, 0.717) is 18.4 Å². The first kappa shape index (κ1) is 12.8. The quantitative estimate of drug-likeness (QED) is 0.851. The van der Waals surface area contributed by atoms with Crippen LogP contribution in [0.4, 0.5) is 0 Å². The van der Waals surface area contributed by atoms with Crippen LogP contribution < -0.4 is 5.32 Å². The van der Waals surface area contributed by atoms with Crippen molar-refractivity contribution in [3.05, 3.63) is 35.7 Å². The van der Waals surface area contributed by atoms with Crippen molar-refractivity contribution in [2.45, 2.75) is 39.8 Å².